The highest BCUT2D eigenvalue weighted by Gasteiger charge is 2.34. The Balaban J connectivity index is 1.54. The first-order valence-electron chi connectivity index (χ1n) is 9.73. The smallest absolute Gasteiger partial charge is 0.255 e. The molecule has 0 spiro atoms. The Morgan fingerprint density at radius 1 is 1.21 bits per heavy atom. The first kappa shape index (κ1) is 18.6. The van der Waals surface area contributed by atoms with Gasteiger partial charge in [0.2, 0.25) is 12.4 Å². The van der Waals surface area contributed by atoms with Gasteiger partial charge in [0.25, 0.3) is 5.91 Å². The molecule has 0 saturated carbocycles. The highest BCUT2D eigenvalue weighted by Crippen LogP contribution is 2.38. The number of rotatable bonds is 3. The number of ether oxygens (including phenoxy) is 2. The van der Waals surface area contributed by atoms with Gasteiger partial charge in [-0.1, -0.05) is 13.0 Å². The summed E-state index contributed by atoms with van der Waals surface area (Å²) < 4.78 is 10.9. The van der Waals surface area contributed by atoms with Crippen LogP contribution in [-0.2, 0) is 6.42 Å². The number of fused-ring (bicyclic) bond motifs is 1. The Kier molecular flexibility index (Phi) is 4.65. The van der Waals surface area contributed by atoms with E-state index < -0.39 is 0 Å². The van der Waals surface area contributed by atoms with Crippen molar-refractivity contribution in [2.75, 3.05) is 19.9 Å². The number of aryl methyl sites for hydroxylation is 2. The van der Waals surface area contributed by atoms with Crippen LogP contribution < -0.4 is 15.0 Å². The zero-order valence-corrected chi connectivity index (χ0v) is 16.6. The second kappa shape index (κ2) is 7.00. The van der Waals surface area contributed by atoms with Crippen molar-refractivity contribution in [3.05, 3.63) is 57.0 Å². The second-order valence-electron chi connectivity index (χ2n) is 8.32. The topological polar surface area (TPSA) is 71.6 Å². The molecule has 1 amide bonds. The number of piperidine rings is 1. The van der Waals surface area contributed by atoms with E-state index in [1.54, 1.807) is 6.92 Å². The van der Waals surface area contributed by atoms with Crippen molar-refractivity contribution in [1.82, 2.24) is 9.88 Å². The third-order valence-electron chi connectivity index (χ3n) is 5.78. The number of pyridine rings is 1. The fourth-order valence-electron chi connectivity index (χ4n) is 4.51. The van der Waals surface area contributed by atoms with Crippen molar-refractivity contribution in [2.45, 2.75) is 40.0 Å². The van der Waals surface area contributed by atoms with Crippen molar-refractivity contribution in [3.63, 3.8) is 0 Å². The molecule has 6 heteroatoms. The second-order valence-corrected chi connectivity index (χ2v) is 8.32. The summed E-state index contributed by atoms with van der Waals surface area (Å²) in [7, 11) is 0. The molecule has 148 valence electrons. The van der Waals surface area contributed by atoms with Gasteiger partial charge in [-0.05, 0) is 61.8 Å². The third kappa shape index (κ3) is 3.51. The average Bonchev–Trinajstić information content (AvgIpc) is 3.08. The van der Waals surface area contributed by atoms with Crippen LogP contribution in [0.25, 0.3) is 0 Å². The van der Waals surface area contributed by atoms with Crippen LogP contribution in [0.3, 0.4) is 0 Å². The predicted molar refractivity (Wildman–Crippen MR) is 106 cm³/mol. The Bertz CT molecular complexity index is 955. The van der Waals surface area contributed by atoms with Crippen molar-refractivity contribution in [3.8, 4) is 11.5 Å². The number of aromatic nitrogens is 1. The molecule has 2 aromatic rings. The van der Waals surface area contributed by atoms with E-state index in [9.17, 15) is 9.59 Å². The fourth-order valence-corrected chi connectivity index (χ4v) is 4.51. The molecule has 1 N–H and O–H groups in total. The first-order valence-corrected chi connectivity index (χ1v) is 9.73. The van der Waals surface area contributed by atoms with E-state index in [1.165, 1.54) is 11.6 Å². The molecule has 2 aliphatic heterocycles. The van der Waals surface area contributed by atoms with Crippen LogP contribution >= 0.6 is 0 Å². The fraction of sp³-hybridized carbons (Fsp3) is 0.455. The van der Waals surface area contributed by atoms with Gasteiger partial charge in [-0.15, -0.1) is 0 Å². The van der Waals surface area contributed by atoms with Crippen molar-refractivity contribution >= 4 is 5.91 Å². The van der Waals surface area contributed by atoms with E-state index >= 15 is 0 Å². The van der Waals surface area contributed by atoms with Crippen LogP contribution in [0.1, 0.15) is 46.9 Å². The number of H-pyrrole nitrogens is 1. The standard InChI is InChI=1S/C22H26N2O4/c1-14-9-19(25)23-15(2)20(14)21(26)24-8-4-7-22(3,12-24)11-16-5-6-17-18(10-16)28-13-27-17/h5-6,9-10H,4,7-8,11-13H2,1-3H3,(H,23,25)/t22-/m0/s1. The zero-order chi connectivity index (χ0) is 19.9. The summed E-state index contributed by atoms with van der Waals surface area (Å²) in [5, 5.41) is 0. The molecule has 4 rings (SSSR count). The predicted octanol–water partition coefficient (Wildman–Crippen LogP) is 3.21. The number of nitrogens with zero attached hydrogens (tertiary/aromatic N) is 1. The Morgan fingerprint density at radius 2 is 2.00 bits per heavy atom. The average molecular weight is 382 g/mol. The first-order chi connectivity index (χ1) is 13.3. The summed E-state index contributed by atoms with van der Waals surface area (Å²) in [4.78, 5) is 29.6. The molecule has 6 nitrogen and oxygen atoms in total. The molecule has 0 aliphatic carbocycles. The summed E-state index contributed by atoms with van der Waals surface area (Å²) in [6.45, 7) is 7.56. The van der Waals surface area contributed by atoms with Gasteiger partial charge < -0.3 is 19.4 Å². The van der Waals surface area contributed by atoms with Crippen LogP contribution in [0.15, 0.2) is 29.1 Å². The van der Waals surface area contributed by atoms with Crippen molar-refractivity contribution < 1.29 is 14.3 Å². The van der Waals surface area contributed by atoms with E-state index in [2.05, 4.69) is 18.0 Å². The van der Waals surface area contributed by atoms with E-state index in [4.69, 9.17) is 9.47 Å². The molecular formula is C22H26N2O4. The number of carbonyl (C=O) groups is 1. The monoisotopic (exact) mass is 382 g/mol. The van der Waals surface area contributed by atoms with Gasteiger partial charge in [0, 0.05) is 24.8 Å². The molecular weight excluding hydrogens is 356 g/mol. The molecule has 3 heterocycles. The summed E-state index contributed by atoms with van der Waals surface area (Å²) in [6.07, 6.45) is 2.90. The van der Waals surface area contributed by atoms with Gasteiger partial charge in [0.05, 0.1) is 5.56 Å². The quantitative estimate of drug-likeness (QED) is 0.885. The lowest BCUT2D eigenvalue weighted by Crippen LogP contribution is -2.46. The summed E-state index contributed by atoms with van der Waals surface area (Å²) in [5.74, 6) is 1.59. The number of likely N-dealkylation sites (tertiary alicyclic amines) is 1. The van der Waals surface area contributed by atoms with Crippen LogP contribution in [0.4, 0.5) is 0 Å². The largest absolute Gasteiger partial charge is 0.454 e. The molecule has 0 radical (unpaired) electrons. The molecule has 1 saturated heterocycles. The van der Waals surface area contributed by atoms with Gasteiger partial charge in [-0.2, -0.15) is 0 Å². The lowest BCUT2D eigenvalue weighted by molar-refractivity contribution is 0.0548. The number of nitrogens with one attached hydrogen (secondary N) is 1. The maximum atomic E-state index is 13.2. The number of aromatic amines is 1. The Labute approximate surface area is 164 Å². The lowest BCUT2D eigenvalue weighted by Gasteiger charge is -2.41. The van der Waals surface area contributed by atoms with E-state index in [-0.39, 0.29) is 23.7 Å². The maximum Gasteiger partial charge on any atom is 0.255 e. The van der Waals surface area contributed by atoms with Crippen LogP contribution in [0.5, 0.6) is 11.5 Å². The van der Waals surface area contributed by atoms with E-state index in [0.717, 1.165) is 42.9 Å². The number of amides is 1. The molecule has 2 aliphatic rings. The normalized spacial score (nSPS) is 21.0. The Hall–Kier alpha value is -2.76. The van der Waals surface area contributed by atoms with Gasteiger partial charge in [0.1, 0.15) is 0 Å². The number of carbonyl (C=O) groups excluding carboxylic acids is 1. The summed E-state index contributed by atoms with van der Waals surface area (Å²) in [5.41, 5.74) is 3.00. The van der Waals surface area contributed by atoms with Crippen LogP contribution in [-0.4, -0.2) is 35.7 Å². The lowest BCUT2D eigenvalue weighted by atomic mass is 9.76. The number of benzene rings is 1. The molecule has 0 unspecified atom stereocenters. The van der Waals surface area contributed by atoms with Crippen LogP contribution in [0, 0.1) is 19.3 Å². The minimum atomic E-state index is -0.169. The van der Waals surface area contributed by atoms with Gasteiger partial charge in [0.15, 0.2) is 11.5 Å². The highest BCUT2D eigenvalue weighted by molar-refractivity contribution is 5.96. The number of hydrogen-bond acceptors (Lipinski definition) is 4. The minimum Gasteiger partial charge on any atom is -0.454 e. The molecule has 1 fully saturated rings. The molecule has 1 aromatic heterocycles. The summed E-state index contributed by atoms with van der Waals surface area (Å²) in [6, 6.07) is 7.58. The van der Waals surface area contributed by atoms with Crippen LogP contribution in [0.2, 0.25) is 0 Å². The number of hydrogen-bond donors (Lipinski definition) is 1. The van der Waals surface area contributed by atoms with E-state index in [1.807, 2.05) is 24.0 Å². The van der Waals surface area contributed by atoms with Gasteiger partial charge >= 0.3 is 0 Å². The Morgan fingerprint density at radius 3 is 2.79 bits per heavy atom. The van der Waals surface area contributed by atoms with Gasteiger partial charge in [-0.25, -0.2) is 0 Å². The molecule has 1 aromatic carbocycles. The molecule has 0 bridgehead atoms. The molecule has 1 atom stereocenters. The molecule has 28 heavy (non-hydrogen) atoms. The summed E-state index contributed by atoms with van der Waals surface area (Å²) >= 11 is 0. The van der Waals surface area contributed by atoms with Gasteiger partial charge in [-0.3, -0.25) is 9.59 Å². The zero-order valence-electron chi connectivity index (χ0n) is 16.6. The van der Waals surface area contributed by atoms with Crippen molar-refractivity contribution in [1.29, 1.82) is 0 Å². The SMILES string of the molecule is Cc1cc(=O)[nH]c(C)c1C(=O)N1CCC[C@@](C)(Cc2ccc3c(c2)OCO3)C1. The highest BCUT2D eigenvalue weighted by atomic mass is 16.7. The third-order valence-corrected chi connectivity index (χ3v) is 5.78. The maximum absolute atomic E-state index is 13.2. The van der Waals surface area contributed by atoms with Crippen molar-refractivity contribution in [2.24, 2.45) is 5.41 Å². The minimum absolute atomic E-state index is 0.00265. The van der Waals surface area contributed by atoms with E-state index in [0.29, 0.717) is 17.8 Å².